The maximum Gasteiger partial charge on any atom is 0.306 e. The molecule has 11 heteroatoms. The minimum Gasteiger partial charge on any atom is -0.462 e. The summed E-state index contributed by atoms with van der Waals surface area (Å²) in [5.74, 6) is 2.02. The van der Waals surface area contributed by atoms with Crippen LogP contribution in [0.1, 0.15) is 242 Å². The van der Waals surface area contributed by atoms with Gasteiger partial charge < -0.3 is 29.4 Å². The van der Waals surface area contributed by atoms with E-state index < -0.39 is 41.5 Å². The Labute approximate surface area is 430 Å². The van der Waals surface area contributed by atoms with Gasteiger partial charge in [0.2, 0.25) is 5.91 Å². The van der Waals surface area contributed by atoms with Gasteiger partial charge in [0.1, 0.15) is 18.3 Å². The van der Waals surface area contributed by atoms with Crippen molar-refractivity contribution in [3.63, 3.8) is 0 Å². The van der Waals surface area contributed by atoms with Crippen molar-refractivity contribution >= 4 is 29.8 Å². The summed E-state index contributed by atoms with van der Waals surface area (Å²) in [6.45, 7) is 16.9. The summed E-state index contributed by atoms with van der Waals surface area (Å²) in [5, 5.41) is 12.1. The van der Waals surface area contributed by atoms with Crippen LogP contribution in [0.3, 0.4) is 0 Å². The number of hydrogen-bond acceptors (Lipinski definition) is 10. The smallest absolute Gasteiger partial charge is 0.306 e. The Morgan fingerprint density at radius 1 is 0.746 bits per heavy atom. The molecule has 406 valence electrons. The number of aliphatic hydroxyl groups excluding tert-OH is 1. The molecule has 1 amide bonds. The fourth-order valence-corrected chi connectivity index (χ4v) is 13.1. The Morgan fingerprint density at radius 3 is 2.10 bits per heavy atom. The van der Waals surface area contributed by atoms with Crippen molar-refractivity contribution in [2.24, 2.45) is 46.3 Å². The van der Waals surface area contributed by atoms with Crippen molar-refractivity contribution < 1.29 is 48.0 Å². The Kier molecular flexibility index (Phi) is 26.2. The van der Waals surface area contributed by atoms with Crippen LogP contribution in [0.2, 0.25) is 0 Å². The average molecular weight is 996 g/mol. The quantitative estimate of drug-likeness (QED) is 0.0275. The maximum atomic E-state index is 13.2. The number of ether oxygens (including phenoxy) is 4. The molecule has 0 bridgehead atoms. The summed E-state index contributed by atoms with van der Waals surface area (Å²) in [6, 6.07) is 0. The molecule has 4 rings (SSSR count). The zero-order valence-corrected chi connectivity index (χ0v) is 46.1. The molecule has 0 radical (unpaired) electrons. The van der Waals surface area contributed by atoms with Gasteiger partial charge in [-0.15, -0.1) is 0 Å². The zero-order chi connectivity index (χ0) is 51.9. The lowest BCUT2D eigenvalue weighted by Crippen LogP contribution is -2.51. The van der Waals surface area contributed by atoms with Gasteiger partial charge in [-0.3, -0.25) is 24.0 Å². The second kappa shape index (κ2) is 30.9. The third-order valence-corrected chi connectivity index (χ3v) is 17.3. The topological polar surface area (TPSA) is 155 Å². The van der Waals surface area contributed by atoms with Crippen molar-refractivity contribution in [1.82, 2.24) is 5.32 Å². The largest absolute Gasteiger partial charge is 0.462 e. The standard InChI is InChI=1S/C60H101NO10/c1-9-10-11-12-13-14-15-16-17-18-19-20-21-22-23-27-55(65)70-48(41-61-53(63)32-33-57(67)71-58(5,6)43-62)42-68-54(64)34-35-56(66)69-47-36-38-59(7)46(40-47)28-29-49-51-31-30-50(45(4)26-24-25-44(2)3)60(51,8)39-37-52(49)59/h16-17,28,44-45,47-52,62H,9-15,18-27,29-43H2,1-8H3,(H,61,63)/b17-16-/t45-,47+,48?,49?,50-,51?,52?,59+,60-/m1/s1. The molecule has 0 spiro atoms. The molecule has 4 unspecified atom stereocenters. The summed E-state index contributed by atoms with van der Waals surface area (Å²) in [7, 11) is 0. The molecule has 0 aromatic carbocycles. The second-order valence-electron chi connectivity index (χ2n) is 24.0. The molecule has 4 aliphatic carbocycles. The van der Waals surface area contributed by atoms with E-state index in [9.17, 15) is 29.1 Å². The van der Waals surface area contributed by atoms with E-state index in [1.54, 1.807) is 13.8 Å². The highest BCUT2D eigenvalue weighted by molar-refractivity contribution is 5.81. The minimum atomic E-state index is -1.06. The number of esters is 4. The van der Waals surface area contributed by atoms with Crippen LogP contribution in [0, 0.1) is 46.3 Å². The molecule has 4 aliphatic rings. The van der Waals surface area contributed by atoms with E-state index >= 15 is 0 Å². The van der Waals surface area contributed by atoms with Gasteiger partial charge in [-0.05, 0) is 137 Å². The van der Waals surface area contributed by atoms with Crippen LogP contribution in [0.4, 0.5) is 0 Å². The van der Waals surface area contributed by atoms with E-state index in [1.165, 1.54) is 89.0 Å². The molecule has 11 nitrogen and oxygen atoms in total. The van der Waals surface area contributed by atoms with Gasteiger partial charge in [-0.1, -0.05) is 136 Å². The first kappa shape index (κ1) is 60.3. The van der Waals surface area contributed by atoms with Crippen molar-refractivity contribution in [2.75, 3.05) is 19.8 Å². The van der Waals surface area contributed by atoms with Crippen LogP contribution >= 0.6 is 0 Å². The van der Waals surface area contributed by atoms with Crippen molar-refractivity contribution in [3.05, 3.63) is 23.8 Å². The average Bonchev–Trinajstić information content (AvgIpc) is 3.69. The van der Waals surface area contributed by atoms with E-state index in [0.717, 1.165) is 93.8 Å². The molecule has 0 aromatic rings. The number of amides is 1. The molecular formula is C60H101NO10. The van der Waals surface area contributed by atoms with Crippen LogP contribution in [0.25, 0.3) is 0 Å². The fourth-order valence-electron chi connectivity index (χ4n) is 13.1. The Bertz CT molecular complexity index is 1700. The first-order chi connectivity index (χ1) is 33.9. The summed E-state index contributed by atoms with van der Waals surface area (Å²) in [5.41, 5.74) is 0.982. The molecule has 0 heterocycles. The SMILES string of the molecule is CCCCCCCC/C=C\CCCCCCCC(=O)OC(CNC(=O)CCC(=O)OC(C)(C)CO)COC(=O)CCC(=O)O[C@H]1CC[C@@]2(C)C(=CCC3C2CC[C@@]2(C)C3CC[C@@H]2[C@H](C)CCCC(C)C)C1. The number of fused-ring (bicyclic) bond motifs is 5. The Hall–Kier alpha value is -3.21. The van der Waals surface area contributed by atoms with Gasteiger partial charge in [0, 0.05) is 19.3 Å². The summed E-state index contributed by atoms with van der Waals surface area (Å²) < 4.78 is 22.4. The monoisotopic (exact) mass is 996 g/mol. The molecule has 0 saturated heterocycles. The van der Waals surface area contributed by atoms with E-state index in [2.05, 4.69) is 65.1 Å². The number of nitrogens with one attached hydrogen (secondary N) is 1. The van der Waals surface area contributed by atoms with Gasteiger partial charge >= 0.3 is 23.9 Å². The van der Waals surface area contributed by atoms with E-state index in [-0.39, 0.29) is 63.4 Å². The number of hydrogen-bond donors (Lipinski definition) is 2. The van der Waals surface area contributed by atoms with Crippen molar-refractivity contribution in [2.45, 2.75) is 259 Å². The Balaban J connectivity index is 1.19. The van der Waals surface area contributed by atoms with Crippen molar-refractivity contribution in [3.8, 4) is 0 Å². The lowest BCUT2D eigenvalue weighted by atomic mass is 9.47. The zero-order valence-electron chi connectivity index (χ0n) is 46.1. The third-order valence-electron chi connectivity index (χ3n) is 17.3. The number of aliphatic hydroxyl groups is 1. The maximum absolute atomic E-state index is 13.2. The first-order valence-electron chi connectivity index (χ1n) is 28.9. The van der Waals surface area contributed by atoms with E-state index in [1.807, 2.05) is 0 Å². The number of unbranched alkanes of at least 4 members (excludes halogenated alkanes) is 11. The highest BCUT2D eigenvalue weighted by Crippen LogP contribution is 2.67. The van der Waals surface area contributed by atoms with Crippen molar-refractivity contribution in [1.29, 1.82) is 0 Å². The van der Waals surface area contributed by atoms with Crippen LogP contribution in [0.15, 0.2) is 23.8 Å². The molecule has 0 aliphatic heterocycles. The lowest BCUT2D eigenvalue weighted by Gasteiger charge is -2.58. The van der Waals surface area contributed by atoms with Gasteiger partial charge in [0.05, 0.1) is 32.4 Å². The number of carbonyl (C=O) groups is 5. The normalized spacial score (nSPS) is 25.9. The van der Waals surface area contributed by atoms with Crippen LogP contribution in [-0.2, 0) is 42.9 Å². The number of carbonyl (C=O) groups excluding carboxylic acids is 5. The first-order valence-corrected chi connectivity index (χ1v) is 28.9. The van der Waals surface area contributed by atoms with Crippen LogP contribution in [0.5, 0.6) is 0 Å². The molecular weight excluding hydrogens is 895 g/mol. The molecule has 71 heavy (non-hydrogen) atoms. The lowest BCUT2D eigenvalue weighted by molar-refractivity contribution is -0.161. The predicted octanol–water partition coefficient (Wildman–Crippen LogP) is 13.4. The highest BCUT2D eigenvalue weighted by atomic mass is 16.6. The van der Waals surface area contributed by atoms with E-state index in [4.69, 9.17) is 18.9 Å². The third kappa shape index (κ3) is 20.2. The van der Waals surface area contributed by atoms with Gasteiger partial charge in [-0.25, -0.2) is 0 Å². The minimum absolute atomic E-state index is 0.118. The molecule has 3 fully saturated rings. The fraction of sp³-hybridized carbons (Fsp3) is 0.850. The number of rotatable bonds is 34. The molecule has 0 aromatic heterocycles. The van der Waals surface area contributed by atoms with Crippen LogP contribution < -0.4 is 5.32 Å². The number of allylic oxidation sites excluding steroid dienone is 3. The predicted molar refractivity (Wildman–Crippen MR) is 282 cm³/mol. The second-order valence-corrected chi connectivity index (χ2v) is 24.0. The summed E-state index contributed by atoms with van der Waals surface area (Å²) in [4.78, 5) is 64.0. The molecule has 9 atom stereocenters. The molecule has 3 saturated carbocycles. The Morgan fingerprint density at radius 2 is 1.41 bits per heavy atom. The van der Waals surface area contributed by atoms with Crippen LogP contribution in [-0.4, -0.2) is 72.5 Å². The summed E-state index contributed by atoms with van der Waals surface area (Å²) in [6.07, 6.45) is 33.5. The van der Waals surface area contributed by atoms with Gasteiger partial charge in [0.15, 0.2) is 6.10 Å². The van der Waals surface area contributed by atoms with Gasteiger partial charge in [0.25, 0.3) is 0 Å². The summed E-state index contributed by atoms with van der Waals surface area (Å²) >= 11 is 0. The highest BCUT2D eigenvalue weighted by Gasteiger charge is 2.59. The van der Waals surface area contributed by atoms with E-state index in [0.29, 0.717) is 17.8 Å². The molecule has 2 N–H and O–H groups in total. The van der Waals surface area contributed by atoms with Gasteiger partial charge in [-0.2, -0.15) is 0 Å².